The molecule has 6 nitrogen and oxygen atoms in total. The van der Waals surface area contributed by atoms with E-state index in [1.54, 1.807) is 18.2 Å². The molecule has 0 atom stereocenters. The van der Waals surface area contributed by atoms with E-state index >= 15 is 0 Å². The van der Waals surface area contributed by atoms with Gasteiger partial charge in [0.1, 0.15) is 11.4 Å². The van der Waals surface area contributed by atoms with E-state index in [1.165, 1.54) is 12.8 Å². The number of hydrogen-bond acceptors (Lipinski definition) is 4. The van der Waals surface area contributed by atoms with Crippen LogP contribution in [0.15, 0.2) is 18.2 Å². The highest BCUT2D eigenvalue weighted by Gasteiger charge is 2.22. The second kappa shape index (κ2) is 5.13. The van der Waals surface area contributed by atoms with E-state index in [1.807, 2.05) is 0 Å². The molecule has 1 aromatic carbocycles. The number of H-pyrrole nitrogens is 1. The fourth-order valence-electron chi connectivity index (χ4n) is 1.86. The lowest BCUT2D eigenvalue weighted by molar-refractivity contribution is 0.0691. The molecule has 1 fully saturated rings. The Kier molecular flexibility index (Phi) is 3.31. The van der Waals surface area contributed by atoms with Crippen molar-refractivity contribution in [3.05, 3.63) is 28.9 Å². The minimum atomic E-state index is -1.12. The minimum Gasteiger partial charge on any atom is -0.493 e. The standard InChI is InChI=1S/C13H12ClN3O3/c14-9-3-8(11-12(13(18)19)16-17-15-11)4-10(5-9)20-6-7-1-2-7/h3-5,7H,1-2,6H2,(H,18,19)(H,15,16,17). The summed E-state index contributed by atoms with van der Waals surface area (Å²) in [6, 6.07) is 5.06. The van der Waals surface area contributed by atoms with E-state index in [0.717, 1.165) is 0 Å². The van der Waals surface area contributed by atoms with Gasteiger partial charge in [-0.15, -0.1) is 5.10 Å². The topological polar surface area (TPSA) is 88.1 Å². The Labute approximate surface area is 119 Å². The van der Waals surface area contributed by atoms with Gasteiger partial charge in [0.2, 0.25) is 0 Å². The van der Waals surface area contributed by atoms with Gasteiger partial charge in [0, 0.05) is 10.6 Å². The van der Waals surface area contributed by atoms with Crippen LogP contribution in [0.3, 0.4) is 0 Å². The van der Waals surface area contributed by atoms with E-state index in [0.29, 0.717) is 28.9 Å². The monoisotopic (exact) mass is 293 g/mol. The maximum atomic E-state index is 11.1. The van der Waals surface area contributed by atoms with Gasteiger partial charge in [-0.2, -0.15) is 0 Å². The van der Waals surface area contributed by atoms with E-state index in [4.69, 9.17) is 21.4 Å². The van der Waals surface area contributed by atoms with Gasteiger partial charge in [-0.1, -0.05) is 16.8 Å². The molecule has 0 amide bonds. The molecule has 1 heterocycles. The molecule has 0 radical (unpaired) electrons. The van der Waals surface area contributed by atoms with Gasteiger partial charge in [-0.3, -0.25) is 5.10 Å². The minimum absolute atomic E-state index is 0.0691. The number of aromatic carboxylic acids is 1. The summed E-state index contributed by atoms with van der Waals surface area (Å²) in [6.45, 7) is 0.657. The number of aromatic nitrogens is 3. The van der Waals surface area contributed by atoms with Crippen LogP contribution < -0.4 is 4.74 Å². The van der Waals surface area contributed by atoms with Crippen LogP contribution in [0.4, 0.5) is 0 Å². The predicted molar refractivity (Wildman–Crippen MR) is 72.0 cm³/mol. The number of nitrogens with one attached hydrogen (secondary N) is 1. The van der Waals surface area contributed by atoms with E-state index in [9.17, 15) is 4.79 Å². The molecular weight excluding hydrogens is 282 g/mol. The number of carboxylic acids is 1. The molecule has 0 bridgehead atoms. The first-order valence-electron chi connectivity index (χ1n) is 6.21. The second-order valence-corrected chi connectivity index (χ2v) is 5.21. The van der Waals surface area contributed by atoms with Crippen LogP contribution in [0, 0.1) is 5.92 Å². The maximum Gasteiger partial charge on any atom is 0.356 e. The summed E-state index contributed by atoms with van der Waals surface area (Å²) >= 11 is 6.04. The van der Waals surface area contributed by atoms with Crippen LogP contribution in [0.2, 0.25) is 5.02 Å². The molecule has 0 unspecified atom stereocenters. The first kappa shape index (κ1) is 12.9. The molecule has 20 heavy (non-hydrogen) atoms. The Balaban J connectivity index is 1.91. The number of halogens is 1. The molecule has 3 rings (SSSR count). The van der Waals surface area contributed by atoms with Crippen molar-refractivity contribution in [1.82, 2.24) is 15.4 Å². The average molecular weight is 294 g/mol. The van der Waals surface area contributed by atoms with Crippen LogP contribution in [0.5, 0.6) is 5.75 Å². The molecule has 7 heteroatoms. The molecule has 1 saturated carbocycles. The third-order valence-electron chi connectivity index (χ3n) is 3.09. The molecule has 2 N–H and O–H groups in total. The Hall–Kier alpha value is -2.08. The van der Waals surface area contributed by atoms with Crippen molar-refractivity contribution in [3.63, 3.8) is 0 Å². The van der Waals surface area contributed by atoms with Gasteiger partial charge in [0.05, 0.1) is 6.61 Å². The third-order valence-corrected chi connectivity index (χ3v) is 3.31. The number of aromatic amines is 1. The number of carbonyl (C=O) groups is 1. The SMILES string of the molecule is O=C(O)c1[nH]nnc1-c1cc(Cl)cc(OCC2CC2)c1. The Morgan fingerprint density at radius 2 is 2.25 bits per heavy atom. The lowest BCUT2D eigenvalue weighted by Gasteiger charge is -2.07. The first-order valence-corrected chi connectivity index (χ1v) is 6.59. The number of ether oxygens (including phenoxy) is 1. The lowest BCUT2D eigenvalue weighted by Crippen LogP contribution is -2.01. The first-order chi connectivity index (χ1) is 9.63. The zero-order valence-corrected chi connectivity index (χ0v) is 11.2. The van der Waals surface area contributed by atoms with Gasteiger partial charge in [0.25, 0.3) is 0 Å². The summed E-state index contributed by atoms with van der Waals surface area (Å²) in [5, 5.41) is 19.2. The van der Waals surface area contributed by atoms with E-state index < -0.39 is 5.97 Å². The van der Waals surface area contributed by atoms with Crippen LogP contribution >= 0.6 is 11.6 Å². The normalized spacial score (nSPS) is 14.2. The summed E-state index contributed by atoms with van der Waals surface area (Å²) < 4.78 is 5.66. The highest BCUT2D eigenvalue weighted by molar-refractivity contribution is 6.31. The fourth-order valence-corrected chi connectivity index (χ4v) is 2.09. The number of nitrogens with zero attached hydrogens (tertiary/aromatic N) is 2. The molecule has 0 spiro atoms. The zero-order valence-electron chi connectivity index (χ0n) is 10.5. The molecule has 104 valence electrons. The van der Waals surface area contributed by atoms with Gasteiger partial charge in [-0.25, -0.2) is 4.79 Å². The fraction of sp³-hybridized carbons (Fsp3) is 0.308. The number of benzene rings is 1. The van der Waals surface area contributed by atoms with Crippen molar-refractivity contribution in [2.24, 2.45) is 5.92 Å². The Morgan fingerprint density at radius 3 is 2.95 bits per heavy atom. The molecule has 0 saturated heterocycles. The summed E-state index contributed by atoms with van der Waals surface area (Å²) in [5.41, 5.74) is 0.742. The van der Waals surface area contributed by atoms with Crippen molar-refractivity contribution >= 4 is 17.6 Å². The number of carboxylic acid groups (broad SMARTS) is 1. The summed E-state index contributed by atoms with van der Waals surface area (Å²) in [7, 11) is 0. The van der Waals surface area contributed by atoms with Crippen molar-refractivity contribution in [2.75, 3.05) is 6.61 Å². The van der Waals surface area contributed by atoms with E-state index in [2.05, 4.69) is 15.4 Å². The van der Waals surface area contributed by atoms with Crippen molar-refractivity contribution in [2.45, 2.75) is 12.8 Å². The van der Waals surface area contributed by atoms with Crippen molar-refractivity contribution in [3.8, 4) is 17.0 Å². The largest absolute Gasteiger partial charge is 0.493 e. The summed E-state index contributed by atoms with van der Waals surface area (Å²) in [5.74, 6) is 0.114. The van der Waals surface area contributed by atoms with Crippen LogP contribution in [-0.4, -0.2) is 33.1 Å². The molecule has 0 aliphatic heterocycles. The molecule has 2 aromatic rings. The smallest absolute Gasteiger partial charge is 0.356 e. The molecular formula is C13H12ClN3O3. The summed E-state index contributed by atoms with van der Waals surface area (Å²) in [4.78, 5) is 11.1. The number of hydrogen-bond donors (Lipinski definition) is 2. The van der Waals surface area contributed by atoms with Crippen LogP contribution in [0.25, 0.3) is 11.3 Å². The van der Waals surface area contributed by atoms with Crippen LogP contribution in [-0.2, 0) is 0 Å². The van der Waals surface area contributed by atoms with Gasteiger partial charge in [-0.05, 0) is 37.0 Å². The predicted octanol–water partition coefficient (Wildman–Crippen LogP) is 2.61. The maximum absolute atomic E-state index is 11.1. The van der Waals surface area contributed by atoms with Crippen molar-refractivity contribution in [1.29, 1.82) is 0 Å². The van der Waals surface area contributed by atoms with Crippen molar-refractivity contribution < 1.29 is 14.6 Å². The number of rotatable bonds is 5. The molecule has 1 aromatic heterocycles. The lowest BCUT2D eigenvalue weighted by atomic mass is 10.1. The zero-order chi connectivity index (χ0) is 14.1. The summed E-state index contributed by atoms with van der Waals surface area (Å²) in [6.07, 6.45) is 2.39. The van der Waals surface area contributed by atoms with E-state index in [-0.39, 0.29) is 11.4 Å². The van der Waals surface area contributed by atoms with Gasteiger partial charge >= 0.3 is 5.97 Å². The van der Waals surface area contributed by atoms with Gasteiger partial charge < -0.3 is 9.84 Å². The average Bonchev–Trinajstić information content (AvgIpc) is 3.09. The highest BCUT2D eigenvalue weighted by Crippen LogP contribution is 2.32. The Bertz CT molecular complexity index is 652. The Morgan fingerprint density at radius 1 is 1.45 bits per heavy atom. The third kappa shape index (κ3) is 2.75. The highest BCUT2D eigenvalue weighted by atomic mass is 35.5. The van der Waals surface area contributed by atoms with Crippen LogP contribution in [0.1, 0.15) is 23.3 Å². The quantitative estimate of drug-likeness (QED) is 0.884. The van der Waals surface area contributed by atoms with Gasteiger partial charge in [0.15, 0.2) is 5.69 Å². The molecule has 1 aliphatic rings. The molecule has 1 aliphatic carbocycles. The second-order valence-electron chi connectivity index (χ2n) is 4.77.